The number of halogens is 2. The van der Waals surface area contributed by atoms with E-state index in [1.54, 1.807) is 12.1 Å². The van der Waals surface area contributed by atoms with Crippen molar-refractivity contribution in [2.45, 2.75) is 6.92 Å². The summed E-state index contributed by atoms with van der Waals surface area (Å²) in [6, 6.07) is 13.0. The minimum absolute atomic E-state index is 0.108. The molecule has 0 aliphatic heterocycles. The second-order valence-electron chi connectivity index (χ2n) is 3.87. The lowest BCUT2D eigenvalue weighted by Crippen LogP contribution is -2.12. The van der Waals surface area contributed by atoms with Crippen LogP contribution in [-0.4, -0.2) is 5.91 Å². The SMILES string of the molecule is Cc1c(Br)cccc1NC(=O)c1ccc(Br)cc1. The highest BCUT2D eigenvalue weighted by molar-refractivity contribution is 9.10. The van der Waals surface area contributed by atoms with Crippen LogP contribution in [0.3, 0.4) is 0 Å². The number of carbonyl (C=O) groups is 1. The molecule has 92 valence electrons. The fraction of sp³-hybridized carbons (Fsp3) is 0.0714. The summed E-state index contributed by atoms with van der Waals surface area (Å²) >= 11 is 6.79. The summed E-state index contributed by atoms with van der Waals surface area (Å²) in [6.07, 6.45) is 0. The lowest BCUT2D eigenvalue weighted by molar-refractivity contribution is 0.102. The Morgan fingerprint density at radius 1 is 1.06 bits per heavy atom. The highest BCUT2D eigenvalue weighted by Crippen LogP contribution is 2.24. The Hall–Kier alpha value is -1.13. The first kappa shape index (κ1) is 13.3. The van der Waals surface area contributed by atoms with E-state index in [4.69, 9.17) is 0 Å². The average Bonchev–Trinajstić information content (AvgIpc) is 2.36. The Morgan fingerprint density at radius 3 is 2.39 bits per heavy atom. The smallest absolute Gasteiger partial charge is 0.255 e. The molecule has 1 N–H and O–H groups in total. The minimum Gasteiger partial charge on any atom is -0.322 e. The second-order valence-corrected chi connectivity index (χ2v) is 5.64. The van der Waals surface area contributed by atoms with Gasteiger partial charge in [0.05, 0.1) is 0 Å². The van der Waals surface area contributed by atoms with E-state index in [0.717, 1.165) is 20.2 Å². The van der Waals surface area contributed by atoms with Crippen LogP contribution in [-0.2, 0) is 0 Å². The number of hydrogen-bond donors (Lipinski definition) is 1. The maximum atomic E-state index is 12.0. The van der Waals surface area contributed by atoms with Gasteiger partial charge in [0.15, 0.2) is 0 Å². The van der Waals surface area contributed by atoms with Gasteiger partial charge in [-0.25, -0.2) is 0 Å². The Labute approximate surface area is 123 Å². The van der Waals surface area contributed by atoms with Crippen molar-refractivity contribution in [3.05, 3.63) is 62.5 Å². The largest absolute Gasteiger partial charge is 0.322 e. The minimum atomic E-state index is -0.108. The lowest BCUT2D eigenvalue weighted by atomic mass is 10.1. The first-order chi connectivity index (χ1) is 8.58. The number of hydrogen-bond acceptors (Lipinski definition) is 1. The van der Waals surface area contributed by atoms with Gasteiger partial charge in [-0.2, -0.15) is 0 Å². The van der Waals surface area contributed by atoms with Crippen LogP contribution in [0.5, 0.6) is 0 Å². The lowest BCUT2D eigenvalue weighted by Gasteiger charge is -2.09. The molecule has 0 saturated heterocycles. The molecule has 0 fully saturated rings. The monoisotopic (exact) mass is 367 g/mol. The zero-order valence-electron chi connectivity index (χ0n) is 9.71. The van der Waals surface area contributed by atoms with Gasteiger partial charge in [0, 0.05) is 20.2 Å². The average molecular weight is 369 g/mol. The Kier molecular flexibility index (Phi) is 4.19. The molecule has 0 aliphatic carbocycles. The Morgan fingerprint density at radius 2 is 1.72 bits per heavy atom. The number of anilines is 1. The molecular weight excluding hydrogens is 358 g/mol. The van der Waals surface area contributed by atoms with Crippen molar-refractivity contribution in [3.8, 4) is 0 Å². The third-order valence-electron chi connectivity index (χ3n) is 2.62. The van der Waals surface area contributed by atoms with Crippen molar-refractivity contribution in [3.63, 3.8) is 0 Å². The van der Waals surface area contributed by atoms with Crippen LogP contribution >= 0.6 is 31.9 Å². The van der Waals surface area contributed by atoms with E-state index in [2.05, 4.69) is 37.2 Å². The molecule has 0 radical (unpaired) electrons. The maximum Gasteiger partial charge on any atom is 0.255 e. The molecule has 0 unspecified atom stereocenters. The topological polar surface area (TPSA) is 29.1 Å². The standard InChI is InChI=1S/C14H11Br2NO/c1-9-12(16)3-2-4-13(9)17-14(18)10-5-7-11(15)8-6-10/h2-8H,1H3,(H,17,18). The van der Waals surface area contributed by atoms with Gasteiger partial charge in [0.25, 0.3) is 5.91 Å². The van der Waals surface area contributed by atoms with Gasteiger partial charge in [0.2, 0.25) is 0 Å². The molecule has 1 amide bonds. The van der Waals surface area contributed by atoms with E-state index < -0.39 is 0 Å². The molecule has 2 aromatic carbocycles. The summed E-state index contributed by atoms with van der Waals surface area (Å²) in [5.41, 5.74) is 2.47. The number of rotatable bonds is 2. The summed E-state index contributed by atoms with van der Waals surface area (Å²) in [7, 11) is 0. The first-order valence-electron chi connectivity index (χ1n) is 5.40. The molecule has 0 spiro atoms. The number of carbonyl (C=O) groups excluding carboxylic acids is 1. The van der Waals surface area contributed by atoms with Crippen LogP contribution < -0.4 is 5.32 Å². The fourth-order valence-corrected chi connectivity index (χ4v) is 2.17. The predicted molar refractivity (Wildman–Crippen MR) is 81.0 cm³/mol. The molecule has 0 heterocycles. The zero-order chi connectivity index (χ0) is 13.1. The molecule has 4 heteroatoms. The normalized spacial score (nSPS) is 10.2. The molecule has 0 saturated carbocycles. The highest BCUT2D eigenvalue weighted by atomic mass is 79.9. The Balaban J connectivity index is 2.21. The Bertz CT molecular complexity index is 579. The van der Waals surface area contributed by atoms with Crippen LogP contribution in [0.25, 0.3) is 0 Å². The molecule has 0 aliphatic rings. The van der Waals surface area contributed by atoms with Crippen LogP contribution in [0.2, 0.25) is 0 Å². The van der Waals surface area contributed by atoms with Gasteiger partial charge in [-0.3, -0.25) is 4.79 Å². The van der Waals surface area contributed by atoms with Crippen molar-refractivity contribution in [2.75, 3.05) is 5.32 Å². The summed E-state index contributed by atoms with van der Waals surface area (Å²) in [5.74, 6) is -0.108. The maximum absolute atomic E-state index is 12.0. The third-order valence-corrected chi connectivity index (χ3v) is 4.01. The van der Waals surface area contributed by atoms with Gasteiger partial charge in [-0.15, -0.1) is 0 Å². The van der Waals surface area contributed by atoms with Gasteiger partial charge >= 0.3 is 0 Å². The first-order valence-corrected chi connectivity index (χ1v) is 6.98. The van der Waals surface area contributed by atoms with Crippen molar-refractivity contribution in [1.82, 2.24) is 0 Å². The third kappa shape index (κ3) is 3.00. The van der Waals surface area contributed by atoms with E-state index in [0.29, 0.717) is 5.56 Å². The molecule has 0 bridgehead atoms. The fourth-order valence-electron chi connectivity index (χ4n) is 1.54. The number of amides is 1. The summed E-state index contributed by atoms with van der Waals surface area (Å²) in [5, 5.41) is 2.90. The van der Waals surface area contributed by atoms with Crippen molar-refractivity contribution >= 4 is 43.5 Å². The van der Waals surface area contributed by atoms with Crippen LogP contribution in [0, 0.1) is 6.92 Å². The van der Waals surface area contributed by atoms with Crippen molar-refractivity contribution in [1.29, 1.82) is 0 Å². The van der Waals surface area contributed by atoms with Crippen LogP contribution in [0.15, 0.2) is 51.4 Å². The molecule has 0 atom stereocenters. The van der Waals surface area contributed by atoms with Crippen molar-refractivity contribution in [2.24, 2.45) is 0 Å². The van der Waals surface area contributed by atoms with E-state index in [-0.39, 0.29) is 5.91 Å². The van der Waals surface area contributed by atoms with Gasteiger partial charge < -0.3 is 5.32 Å². The zero-order valence-corrected chi connectivity index (χ0v) is 12.9. The molecule has 0 aromatic heterocycles. The van der Waals surface area contributed by atoms with E-state index in [9.17, 15) is 4.79 Å². The van der Waals surface area contributed by atoms with E-state index in [1.165, 1.54) is 0 Å². The predicted octanol–water partition coefficient (Wildman–Crippen LogP) is 4.77. The summed E-state index contributed by atoms with van der Waals surface area (Å²) in [6.45, 7) is 1.96. The molecule has 18 heavy (non-hydrogen) atoms. The van der Waals surface area contributed by atoms with E-state index >= 15 is 0 Å². The van der Waals surface area contributed by atoms with Crippen LogP contribution in [0.1, 0.15) is 15.9 Å². The molecule has 2 aromatic rings. The molecular formula is C14H11Br2NO. The van der Waals surface area contributed by atoms with Gasteiger partial charge in [0.1, 0.15) is 0 Å². The van der Waals surface area contributed by atoms with Gasteiger partial charge in [-0.05, 0) is 48.9 Å². The number of benzene rings is 2. The van der Waals surface area contributed by atoms with Gasteiger partial charge in [-0.1, -0.05) is 37.9 Å². The van der Waals surface area contributed by atoms with Crippen LogP contribution in [0.4, 0.5) is 5.69 Å². The highest BCUT2D eigenvalue weighted by Gasteiger charge is 2.08. The quantitative estimate of drug-likeness (QED) is 0.812. The summed E-state index contributed by atoms with van der Waals surface area (Å²) in [4.78, 5) is 12.0. The van der Waals surface area contributed by atoms with Crippen molar-refractivity contribution < 1.29 is 4.79 Å². The molecule has 2 nitrogen and oxygen atoms in total. The second kappa shape index (κ2) is 5.67. The van der Waals surface area contributed by atoms with E-state index in [1.807, 2.05) is 37.3 Å². The number of nitrogens with one attached hydrogen (secondary N) is 1. The summed E-state index contributed by atoms with van der Waals surface area (Å²) < 4.78 is 1.94. The molecule has 2 rings (SSSR count).